The van der Waals surface area contributed by atoms with Crippen LogP contribution in [0, 0.1) is 0 Å². The summed E-state index contributed by atoms with van der Waals surface area (Å²) < 4.78 is 0. The van der Waals surface area contributed by atoms with Crippen molar-refractivity contribution in [2.75, 3.05) is 0 Å². The van der Waals surface area contributed by atoms with E-state index in [0.717, 1.165) is 16.5 Å². The van der Waals surface area contributed by atoms with Crippen LogP contribution in [0.1, 0.15) is 0 Å². The molecule has 0 saturated carbocycles. The van der Waals surface area contributed by atoms with Crippen molar-refractivity contribution < 1.29 is 5.11 Å². The molecule has 0 fully saturated rings. The van der Waals surface area contributed by atoms with E-state index >= 15 is 0 Å². The van der Waals surface area contributed by atoms with Crippen LogP contribution in [0.5, 0.6) is 5.75 Å². The van der Waals surface area contributed by atoms with Crippen LogP contribution >= 0.6 is 0 Å². The molecule has 1 N–H and O–H groups in total. The predicted octanol–water partition coefficient (Wildman–Crippen LogP) is 4.96. The molecule has 0 saturated heterocycles. The van der Waals surface area contributed by atoms with Gasteiger partial charge in [-0.1, -0.05) is 48.5 Å². The van der Waals surface area contributed by atoms with E-state index in [9.17, 15) is 5.11 Å². The van der Waals surface area contributed by atoms with E-state index in [1.807, 2.05) is 48.5 Å². The minimum Gasteiger partial charge on any atom is -0.506 e. The van der Waals surface area contributed by atoms with Crippen molar-refractivity contribution in [1.29, 1.82) is 0 Å². The summed E-state index contributed by atoms with van der Waals surface area (Å²) in [6, 6.07) is 20.8. The Kier molecular flexibility index (Phi) is 2.94. The number of nitrogens with zero attached hydrogens (tertiary/aromatic N) is 2. The van der Waals surface area contributed by atoms with Crippen LogP contribution in [0.3, 0.4) is 0 Å². The third kappa shape index (κ3) is 2.31. The second-order valence-corrected chi connectivity index (χ2v) is 4.19. The van der Waals surface area contributed by atoms with Gasteiger partial charge in [0.25, 0.3) is 0 Å². The summed E-state index contributed by atoms with van der Waals surface area (Å²) in [5.41, 5.74) is 1.26. The highest BCUT2D eigenvalue weighted by molar-refractivity contribution is 5.92. The molecule has 3 rings (SSSR count). The Balaban J connectivity index is 2.04. The number of hydrogen-bond donors (Lipinski definition) is 1. The van der Waals surface area contributed by atoms with Crippen LogP contribution in [0.2, 0.25) is 0 Å². The molecule has 0 unspecified atom stereocenters. The predicted molar refractivity (Wildman–Crippen MR) is 76.2 cm³/mol. The summed E-state index contributed by atoms with van der Waals surface area (Å²) in [5, 5.41) is 20.1. The molecule has 0 amide bonds. The fourth-order valence-corrected chi connectivity index (χ4v) is 1.95. The molecule has 0 atom stereocenters. The first-order valence-corrected chi connectivity index (χ1v) is 6.02. The van der Waals surface area contributed by atoms with Gasteiger partial charge in [-0.25, -0.2) is 0 Å². The average Bonchev–Trinajstić information content (AvgIpc) is 2.46. The maximum absolute atomic E-state index is 9.65. The Morgan fingerprint density at radius 3 is 2.16 bits per heavy atom. The monoisotopic (exact) mass is 248 g/mol. The SMILES string of the molecule is Oc1ccccc1N=Nc1cccc2ccccc12. The van der Waals surface area contributed by atoms with Gasteiger partial charge in [0.2, 0.25) is 0 Å². The smallest absolute Gasteiger partial charge is 0.143 e. The van der Waals surface area contributed by atoms with Crippen molar-refractivity contribution >= 4 is 22.1 Å². The number of hydrogen-bond acceptors (Lipinski definition) is 3. The maximum Gasteiger partial charge on any atom is 0.143 e. The molecule has 0 heterocycles. The van der Waals surface area contributed by atoms with Crippen molar-refractivity contribution in [2.45, 2.75) is 0 Å². The molecule has 0 bridgehead atoms. The number of fused-ring (bicyclic) bond motifs is 1. The van der Waals surface area contributed by atoms with Gasteiger partial charge in [0, 0.05) is 5.39 Å². The van der Waals surface area contributed by atoms with Gasteiger partial charge in [0.15, 0.2) is 0 Å². The van der Waals surface area contributed by atoms with E-state index in [0.29, 0.717) is 5.69 Å². The molecule has 3 nitrogen and oxygen atoms in total. The highest BCUT2D eigenvalue weighted by atomic mass is 16.3. The molecule has 0 aliphatic heterocycles. The Morgan fingerprint density at radius 2 is 1.26 bits per heavy atom. The van der Waals surface area contributed by atoms with Crippen LogP contribution < -0.4 is 0 Å². The molecule has 92 valence electrons. The van der Waals surface area contributed by atoms with Crippen molar-refractivity contribution in [2.24, 2.45) is 10.2 Å². The maximum atomic E-state index is 9.65. The molecule has 3 aromatic rings. The fraction of sp³-hybridized carbons (Fsp3) is 0. The first-order chi connectivity index (χ1) is 9.34. The number of rotatable bonds is 2. The van der Waals surface area contributed by atoms with Crippen LogP contribution in [0.25, 0.3) is 10.8 Å². The third-order valence-electron chi connectivity index (χ3n) is 2.91. The Morgan fingerprint density at radius 1 is 0.632 bits per heavy atom. The number of benzene rings is 3. The molecule has 0 aliphatic carbocycles. The third-order valence-corrected chi connectivity index (χ3v) is 2.91. The molecule has 0 aliphatic rings. The number of phenolic OH excluding ortho intramolecular Hbond substituents is 1. The number of azo groups is 1. The van der Waals surface area contributed by atoms with Crippen LogP contribution in [-0.4, -0.2) is 5.11 Å². The minimum atomic E-state index is 0.131. The molecule has 19 heavy (non-hydrogen) atoms. The summed E-state index contributed by atoms with van der Waals surface area (Å²) in [7, 11) is 0. The Hall–Kier alpha value is -2.68. The Labute approximate surface area is 110 Å². The van der Waals surface area contributed by atoms with Crippen LogP contribution in [-0.2, 0) is 0 Å². The molecule has 3 aromatic carbocycles. The lowest BCUT2D eigenvalue weighted by atomic mass is 10.1. The van der Waals surface area contributed by atoms with Gasteiger partial charge in [-0.2, -0.15) is 0 Å². The minimum absolute atomic E-state index is 0.131. The fourth-order valence-electron chi connectivity index (χ4n) is 1.95. The van der Waals surface area contributed by atoms with Crippen molar-refractivity contribution in [3.8, 4) is 5.75 Å². The lowest BCUT2D eigenvalue weighted by Crippen LogP contribution is -1.72. The topological polar surface area (TPSA) is 45.0 Å². The molecular weight excluding hydrogens is 236 g/mol. The summed E-state index contributed by atoms with van der Waals surface area (Å²) in [4.78, 5) is 0. The zero-order valence-electron chi connectivity index (χ0n) is 10.2. The van der Waals surface area contributed by atoms with Gasteiger partial charge < -0.3 is 5.11 Å². The summed E-state index contributed by atoms with van der Waals surface area (Å²) in [6.07, 6.45) is 0. The van der Waals surface area contributed by atoms with Crippen LogP contribution in [0.4, 0.5) is 11.4 Å². The molecule has 0 radical (unpaired) electrons. The molecule has 0 aromatic heterocycles. The number of aromatic hydroxyl groups is 1. The van der Waals surface area contributed by atoms with Crippen molar-refractivity contribution in [3.63, 3.8) is 0 Å². The van der Waals surface area contributed by atoms with E-state index in [-0.39, 0.29) is 5.75 Å². The second kappa shape index (κ2) is 4.90. The van der Waals surface area contributed by atoms with E-state index in [2.05, 4.69) is 10.2 Å². The van der Waals surface area contributed by atoms with Gasteiger partial charge in [-0.3, -0.25) is 0 Å². The van der Waals surface area contributed by atoms with E-state index in [1.54, 1.807) is 18.2 Å². The second-order valence-electron chi connectivity index (χ2n) is 4.19. The van der Waals surface area contributed by atoms with Gasteiger partial charge >= 0.3 is 0 Å². The average molecular weight is 248 g/mol. The van der Waals surface area contributed by atoms with Gasteiger partial charge in [0.05, 0.1) is 5.69 Å². The normalized spacial score (nSPS) is 11.2. The zero-order valence-corrected chi connectivity index (χ0v) is 10.2. The van der Waals surface area contributed by atoms with Gasteiger partial charge in [-0.15, -0.1) is 10.2 Å². The van der Waals surface area contributed by atoms with Crippen molar-refractivity contribution in [1.82, 2.24) is 0 Å². The highest BCUT2D eigenvalue weighted by Crippen LogP contribution is 2.30. The molecular formula is C16H12N2O. The highest BCUT2D eigenvalue weighted by Gasteiger charge is 2.00. The quantitative estimate of drug-likeness (QED) is 0.640. The zero-order chi connectivity index (χ0) is 13.1. The largest absolute Gasteiger partial charge is 0.506 e. The summed E-state index contributed by atoms with van der Waals surface area (Å²) in [5.74, 6) is 0.131. The van der Waals surface area contributed by atoms with Crippen LogP contribution in [0.15, 0.2) is 77.0 Å². The lowest BCUT2D eigenvalue weighted by Gasteiger charge is -2.00. The Bertz CT molecular complexity index is 745. The first kappa shape index (κ1) is 11.4. The lowest BCUT2D eigenvalue weighted by molar-refractivity contribution is 0.476. The molecule has 3 heteroatoms. The summed E-state index contributed by atoms with van der Waals surface area (Å²) >= 11 is 0. The van der Waals surface area contributed by atoms with Gasteiger partial charge in [0.1, 0.15) is 11.4 Å². The van der Waals surface area contributed by atoms with E-state index in [1.165, 1.54) is 0 Å². The number of phenols is 1. The van der Waals surface area contributed by atoms with E-state index < -0.39 is 0 Å². The summed E-state index contributed by atoms with van der Waals surface area (Å²) in [6.45, 7) is 0. The number of para-hydroxylation sites is 1. The van der Waals surface area contributed by atoms with E-state index in [4.69, 9.17) is 0 Å². The van der Waals surface area contributed by atoms with Crippen molar-refractivity contribution in [3.05, 3.63) is 66.7 Å². The van der Waals surface area contributed by atoms with Gasteiger partial charge in [-0.05, 0) is 23.6 Å². The molecule has 0 spiro atoms. The first-order valence-electron chi connectivity index (χ1n) is 6.02. The standard InChI is InChI=1S/C16H12N2O/c19-16-11-4-3-9-15(16)18-17-14-10-5-7-12-6-1-2-8-13(12)14/h1-11,19H.